The van der Waals surface area contributed by atoms with Gasteiger partial charge in [0.25, 0.3) is 10.1 Å². The molecule has 2 aromatic carbocycles. The molecule has 32 heavy (non-hydrogen) atoms. The molecule has 0 aromatic heterocycles. The van der Waals surface area contributed by atoms with Crippen LogP contribution in [0.1, 0.15) is 89.5 Å². The van der Waals surface area contributed by atoms with Crippen LogP contribution in [0.3, 0.4) is 0 Å². The maximum atomic E-state index is 11.6. The van der Waals surface area contributed by atoms with E-state index in [4.69, 9.17) is 4.74 Å². The number of phenolic OH excluding ortho intramolecular Hbond substituents is 1. The summed E-state index contributed by atoms with van der Waals surface area (Å²) in [5.74, 6) is 0.622. The lowest BCUT2D eigenvalue weighted by atomic mass is 10.0. The normalized spacial score (nSPS) is 11.6. The second-order valence-corrected chi connectivity index (χ2v) is 9.87. The van der Waals surface area contributed by atoms with Gasteiger partial charge in [0.05, 0.1) is 0 Å². The highest BCUT2D eigenvalue weighted by Gasteiger charge is 2.18. The summed E-state index contributed by atoms with van der Waals surface area (Å²) in [6.07, 6.45) is 15.5. The lowest BCUT2D eigenvalue weighted by molar-refractivity contribution is 0.434. The summed E-state index contributed by atoms with van der Waals surface area (Å²) in [5, 5.41) is 10.4. The van der Waals surface area contributed by atoms with Gasteiger partial charge in [-0.2, -0.15) is 8.42 Å². The molecule has 6 heteroatoms. The molecule has 0 saturated heterocycles. The number of hydrogen-bond acceptors (Lipinski definition) is 4. The van der Waals surface area contributed by atoms with Crippen molar-refractivity contribution in [2.75, 3.05) is 0 Å². The van der Waals surface area contributed by atoms with Crippen molar-refractivity contribution in [2.24, 2.45) is 0 Å². The summed E-state index contributed by atoms with van der Waals surface area (Å²) in [5.41, 5.74) is 0.563. The van der Waals surface area contributed by atoms with Gasteiger partial charge in [0.15, 0.2) is 0 Å². The van der Waals surface area contributed by atoms with E-state index in [1.54, 1.807) is 12.1 Å². The largest absolute Gasteiger partial charge is 0.507 e. The molecule has 0 unspecified atom stereocenters. The number of unbranched alkanes of at least 4 members (excludes halogenated alkanes) is 11. The van der Waals surface area contributed by atoms with Crippen LogP contribution in [0.4, 0.5) is 0 Å². The van der Waals surface area contributed by atoms with E-state index in [0.29, 0.717) is 17.7 Å². The maximum absolute atomic E-state index is 11.6. The molecule has 5 nitrogen and oxygen atoms in total. The van der Waals surface area contributed by atoms with Crippen LogP contribution in [0.15, 0.2) is 47.4 Å². The summed E-state index contributed by atoms with van der Waals surface area (Å²) in [6, 6.07) is 11.3. The molecule has 0 spiro atoms. The molecule has 2 N–H and O–H groups in total. The van der Waals surface area contributed by atoms with Crippen LogP contribution < -0.4 is 4.74 Å². The second kappa shape index (κ2) is 14.2. The molecule has 0 amide bonds. The zero-order valence-electron chi connectivity index (χ0n) is 19.3. The third kappa shape index (κ3) is 9.61. The van der Waals surface area contributed by atoms with Gasteiger partial charge in [0, 0.05) is 17.7 Å². The molecule has 0 atom stereocenters. The number of ether oxygens (including phenoxy) is 1. The molecule has 2 aromatic rings. The van der Waals surface area contributed by atoms with Crippen LogP contribution >= 0.6 is 0 Å². The summed E-state index contributed by atoms with van der Waals surface area (Å²) in [7, 11) is -4.44. The lowest BCUT2D eigenvalue weighted by Gasteiger charge is -2.14. The van der Waals surface area contributed by atoms with Gasteiger partial charge in [-0.15, -0.1) is 0 Å². The van der Waals surface area contributed by atoms with Gasteiger partial charge in [-0.25, -0.2) is 0 Å². The minimum Gasteiger partial charge on any atom is -0.507 e. The van der Waals surface area contributed by atoms with Crippen molar-refractivity contribution in [1.82, 2.24) is 0 Å². The number of hydrogen-bond donors (Lipinski definition) is 2. The molecule has 0 fully saturated rings. The molecular formula is C26H38O5S. The molecular weight excluding hydrogens is 424 g/mol. The number of phenols is 1. The Morgan fingerprint density at radius 1 is 0.781 bits per heavy atom. The van der Waals surface area contributed by atoms with Gasteiger partial charge in [0.2, 0.25) is 0 Å². The summed E-state index contributed by atoms with van der Waals surface area (Å²) in [6.45, 7) is 2.24. The Morgan fingerprint density at radius 2 is 1.31 bits per heavy atom. The fourth-order valence-corrected chi connectivity index (χ4v) is 4.37. The first-order valence-electron chi connectivity index (χ1n) is 12.0. The van der Waals surface area contributed by atoms with Gasteiger partial charge in [-0.3, -0.25) is 4.55 Å². The first-order chi connectivity index (χ1) is 15.4. The maximum Gasteiger partial charge on any atom is 0.294 e. The Hall–Kier alpha value is -2.05. The Balaban J connectivity index is 1.83. The van der Waals surface area contributed by atoms with Crippen LogP contribution in [-0.2, 0) is 16.5 Å². The third-order valence-electron chi connectivity index (χ3n) is 5.71. The van der Waals surface area contributed by atoms with E-state index in [1.165, 1.54) is 63.9 Å². The summed E-state index contributed by atoms with van der Waals surface area (Å²) in [4.78, 5) is -0.376. The van der Waals surface area contributed by atoms with Crippen molar-refractivity contribution in [3.63, 3.8) is 0 Å². The molecule has 0 aliphatic heterocycles. The van der Waals surface area contributed by atoms with E-state index in [9.17, 15) is 18.1 Å². The average molecular weight is 463 g/mol. The Labute approximate surface area is 193 Å². The van der Waals surface area contributed by atoms with Crippen LogP contribution in [0.5, 0.6) is 17.2 Å². The van der Waals surface area contributed by atoms with Crippen molar-refractivity contribution in [2.45, 2.75) is 95.3 Å². The van der Waals surface area contributed by atoms with E-state index in [2.05, 4.69) is 6.92 Å². The number of para-hydroxylation sites is 1. The van der Waals surface area contributed by atoms with E-state index in [0.717, 1.165) is 25.3 Å². The van der Waals surface area contributed by atoms with Crippen molar-refractivity contribution in [3.05, 3.63) is 48.0 Å². The minimum atomic E-state index is -4.44. The highest BCUT2D eigenvalue weighted by atomic mass is 32.2. The van der Waals surface area contributed by atoms with Gasteiger partial charge >= 0.3 is 0 Å². The van der Waals surface area contributed by atoms with Crippen LogP contribution in [0.25, 0.3) is 0 Å². The van der Waals surface area contributed by atoms with Crippen molar-refractivity contribution < 1.29 is 22.8 Å². The quantitative estimate of drug-likeness (QED) is 0.197. The zero-order chi connectivity index (χ0) is 23.2. The smallest absolute Gasteiger partial charge is 0.294 e. The summed E-state index contributed by atoms with van der Waals surface area (Å²) >= 11 is 0. The number of rotatable bonds is 16. The van der Waals surface area contributed by atoms with E-state index in [1.807, 2.05) is 18.2 Å². The fourth-order valence-electron chi connectivity index (χ4n) is 3.86. The molecule has 0 radical (unpaired) electrons. The zero-order valence-corrected chi connectivity index (χ0v) is 20.1. The first-order valence-corrected chi connectivity index (χ1v) is 13.4. The van der Waals surface area contributed by atoms with Gasteiger partial charge in [-0.1, -0.05) is 95.8 Å². The fraction of sp³-hybridized carbons (Fsp3) is 0.538. The van der Waals surface area contributed by atoms with Crippen molar-refractivity contribution in [1.29, 1.82) is 0 Å². The molecule has 0 heterocycles. The Kier molecular flexibility index (Phi) is 11.6. The van der Waals surface area contributed by atoms with Gasteiger partial charge in [-0.05, 0) is 25.0 Å². The molecule has 178 valence electrons. The van der Waals surface area contributed by atoms with Gasteiger partial charge in [0.1, 0.15) is 22.1 Å². The van der Waals surface area contributed by atoms with E-state index >= 15 is 0 Å². The van der Waals surface area contributed by atoms with Gasteiger partial charge < -0.3 is 9.84 Å². The minimum absolute atomic E-state index is 0.172. The molecule has 0 aliphatic carbocycles. The molecule has 0 bridgehead atoms. The topological polar surface area (TPSA) is 83.8 Å². The first kappa shape index (κ1) is 26.2. The van der Waals surface area contributed by atoms with Crippen LogP contribution in [-0.4, -0.2) is 18.1 Å². The third-order valence-corrected chi connectivity index (χ3v) is 6.54. The molecule has 2 rings (SSSR count). The van der Waals surface area contributed by atoms with E-state index in [-0.39, 0.29) is 16.4 Å². The summed E-state index contributed by atoms with van der Waals surface area (Å²) < 4.78 is 38.4. The number of aromatic hydroxyl groups is 1. The Bertz CT molecular complexity index is 894. The SMILES string of the molecule is CCCCCCCCCCCCCCc1c(O)cc(S(=O)(=O)O)cc1Oc1ccccc1. The second-order valence-electron chi connectivity index (χ2n) is 8.45. The Morgan fingerprint density at radius 3 is 1.84 bits per heavy atom. The predicted octanol–water partition coefficient (Wildman–Crippen LogP) is 7.67. The monoisotopic (exact) mass is 462 g/mol. The lowest BCUT2D eigenvalue weighted by Crippen LogP contribution is -2.01. The van der Waals surface area contributed by atoms with Crippen LogP contribution in [0.2, 0.25) is 0 Å². The standard InChI is InChI=1S/C26H38O5S/c1-2-3-4-5-6-7-8-9-10-11-12-16-19-24-25(27)20-23(32(28,29)30)21-26(24)31-22-17-14-13-15-18-22/h13-15,17-18,20-21,27H,2-12,16,19H2,1H3,(H,28,29,30). The van der Waals surface area contributed by atoms with E-state index < -0.39 is 10.1 Å². The van der Waals surface area contributed by atoms with Crippen LogP contribution in [0, 0.1) is 0 Å². The predicted molar refractivity (Wildman–Crippen MR) is 129 cm³/mol. The highest BCUT2D eigenvalue weighted by molar-refractivity contribution is 7.85. The average Bonchev–Trinajstić information content (AvgIpc) is 2.76. The molecule has 0 saturated carbocycles. The highest BCUT2D eigenvalue weighted by Crippen LogP contribution is 2.36. The van der Waals surface area contributed by atoms with Crippen molar-refractivity contribution in [3.8, 4) is 17.2 Å². The van der Waals surface area contributed by atoms with Crippen molar-refractivity contribution >= 4 is 10.1 Å². The molecule has 0 aliphatic rings. The number of benzene rings is 2.